The fraction of sp³-hybridized carbons (Fsp3) is 0.267. The highest BCUT2D eigenvalue weighted by Crippen LogP contribution is 2.23. The predicted octanol–water partition coefficient (Wildman–Crippen LogP) is 3.68. The summed E-state index contributed by atoms with van der Waals surface area (Å²) in [6, 6.07) is 9.90. The van der Waals surface area contributed by atoms with Gasteiger partial charge in [0.05, 0.1) is 19.2 Å². The summed E-state index contributed by atoms with van der Waals surface area (Å²) in [5, 5.41) is 3.35. The molecule has 1 atom stereocenters. The van der Waals surface area contributed by atoms with Gasteiger partial charge in [0.2, 0.25) is 0 Å². The third-order valence-electron chi connectivity index (χ3n) is 3.03. The molecule has 0 spiro atoms. The van der Waals surface area contributed by atoms with Gasteiger partial charge in [-0.15, -0.1) is 0 Å². The van der Waals surface area contributed by atoms with Gasteiger partial charge in [-0.1, -0.05) is 34.1 Å². The van der Waals surface area contributed by atoms with E-state index in [0.29, 0.717) is 17.9 Å². The quantitative estimate of drug-likeness (QED) is 0.845. The van der Waals surface area contributed by atoms with E-state index < -0.39 is 0 Å². The molecule has 106 valence electrons. The SMILES string of the molecule is COC(=O)c1coc(CN[C@H](C)c2ccccc2Br)c1. The first-order chi connectivity index (χ1) is 9.61. The van der Waals surface area contributed by atoms with Gasteiger partial charge in [-0.2, -0.15) is 0 Å². The average molecular weight is 338 g/mol. The van der Waals surface area contributed by atoms with Gasteiger partial charge < -0.3 is 14.5 Å². The van der Waals surface area contributed by atoms with Crippen molar-refractivity contribution in [3.8, 4) is 0 Å². The van der Waals surface area contributed by atoms with E-state index in [1.165, 1.54) is 18.9 Å². The maximum atomic E-state index is 11.3. The molecule has 2 rings (SSSR count). The second-order valence-electron chi connectivity index (χ2n) is 4.42. The van der Waals surface area contributed by atoms with Crippen LogP contribution in [0.25, 0.3) is 0 Å². The Labute approximate surface area is 126 Å². The van der Waals surface area contributed by atoms with Gasteiger partial charge in [0.15, 0.2) is 0 Å². The second kappa shape index (κ2) is 6.72. The Kier molecular flexibility index (Phi) is 4.98. The first-order valence-electron chi connectivity index (χ1n) is 6.25. The van der Waals surface area contributed by atoms with Crippen molar-refractivity contribution in [2.24, 2.45) is 0 Å². The molecule has 0 aliphatic carbocycles. The highest BCUT2D eigenvalue weighted by molar-refractivity contribution is 9.10. The van der Waals surface area contributed by atoms with Crippen molar-refractivity contribution < 1.29 is 13.9 Å². The molecule has 0 unspecified atom stereocenters. The summed E-state index contributed by atoms with van der Waals surface area (Å²) in [7, 11) is 1.35. The number of hydrogen-bond donors (Lipinski definition) is 1. The number of ether oxygens (including phenoxy) is 1. The van der Waals surface area contributed by atoms with Gasteiger partial charge in [0.1, 0.15) is 12.0 Å². The molecular weight excluding hydrogens is 322 g/mol. The van der Waals surface area contributed by atoms with Crippen molar-refractivity contribution in [3.63, 3.8) is 0 Å². The minimum Gasteiger partial charge on any atom is -0.467 e. The molecule has 0 amide bonds. The van der Waals surface area contributed by atoms with Crippen molar-refractivity contribution >= 4 is 21.9 Å². The minimum atomic E-state index is -0.390. The monoisotopic (exact) mass is 337 g/mol. The molecule has 1 aromatic carbocycles. The Bertz CT molecular complexity index is 594. The molecule has 1 heterocycles. The van der Waals surface area contributed by atoms with E-state index in [2.05, 4.69) is 39.0 Å². The van der Waals surface area contributed by atoms with Crippen LogP contribution in [0.3, 0.4) is 0 Å². The van der Waals surface area contributed by atoms with Gasteiger partial charge >= 0.3 is 5.97 Å². The fourth-order valence-corrected chi connectivity index (χ4v) is 2.52. The second-order valence-corrected chi connectivity index (χ2v) is 5.27. The van der Waals surface area contributed by atoms with Crippen molar-refractivity contribution in [2.75, 3.05) is 7.11 Å². The Balaban J connectivity index is 1.97. The smallest absolute Gasteiger partial charge is 0.341 e. The van der Waals surface area contributed by atoms with Gasteiger partial charge in [-0.25, -0.2) is 4.79 Å². The van der Waals surface area contributed by atoms with Crippen molar-refractivity contribution in [3.05, 3.63) is 58.0 Å². The molecule has 1 N–H and O–H groups in total. The largest absolute Gasteiger partial charge is 0.467 e. The molecule has 0 fully saturated rings. The zero-order valence-electron chi connectivity index (χ0n) is 11.4. The summed E-state index contributed by atoms with van der Waals surface area (Å²) in [6.45, 7) is 2.61. The minimum absolute atomic E-state index is 0.164. The normalized spacial score (nSPS) is 12.2. The number of carbonyl (C=O) groups excluding carboxylic acids is 1. The Morgan fingerprint density at radius 1 is 1.45 bits per heavy atom. The van der Waals surface area contributed by atoms with E-state index in [4.69, 9.17) is 4.42 Å². The molecule has 1 aromatic heterocycles. The van der Waals surface area contributed by atoms with Crippen LogP contribution in [-0.2, 0) is 11.3 Å². The average Bonchev–Trinajstić information content (AvgIpc) is 2.93. The molecule has 0 aliphatic rings. The number of rotatable bonds is 5. The highest BCUT2D eigenvalue weighted by atomic mass is 79.9. The van der Waals surface area contributed by atoms with Crippen LogP contribution in [0.5, 0.6) is 0 Å². The first-order valence-corrected chi connectivity index (χ1v) is 7.04. The lowest BCUT2D eigenvalue weighted by molar-refractivity contribution is 0.0600. The van der Waals surface area contributed by atoms with Crippen LogP contribution >= 0.6 is 15.9 Å². The number of carbonyl (C=O) groups is 1. The number of furan rings is 1. The summed E-state index contributed by atoms with van der Waals surface area (Å²) >= 11 is 3.53. The summed E-state index contributed by atoms with van der Waals surface area (Å²) in [6.07, 6.45) is 1.41. The zero-order chi connectivity index (χ0) is 14.5. The molecule has 20 heavy (non-hydrogen) atoms. The van der Waals surface area contributed by atoms with Crippen molar-refractivity contribution in [1.29, 1.82) is 0 Å². The van der Waals surface area contributed by atoms with Crippen molar-refractivity contribution in [2.45, 2.75) is 19.5 Å². The van der Waals surface area contributed by atoms with Crippen LogP contribution in [0.1, 0.15) is 34.6 Å². The number of methoxy groups -OCH3 is 1. The molecule has 2 aromatic rings. The molecule has 4 nitrogen and oxygen atoms in total. The first kappa shape index (κ1) is 14.8. The number of esters is 1. The van der Waals surface area contributed by atoms with E-state index in [-0.39, 0.29) is 12.0 Å². The lowest BCUT2D eigenvalue weighted by Crippen LogP contribution is -2.18. The van der Waals surface area contributed by atoms with Crippen LogP contribution in [0, 0.1) is 0 Å². The number of nitrogens with one attached hydrogen (secondary N) is 1. The highest BCUT2D eigenvalue weighted by Gasteiger charge is 2.12. The van der Waals surface area contributed by atoms with Gasteiger partial charge in [-0.3, -0.25) is 0 Å². The van der Waals surface area contributed by atoms with E-state index in [1.54, 1.807) is 6.07 Å². The molecule has 5 heteroatoms. The third kappa shape index (κ3) is 3.49. The standard InChI is InChI=1S/C15H16BrNO3/c1-10(13-5-3-4-6-14(13)16)17-8-12-7-11(9-20-12)15(18)19-2/h3-7,9-10,17H,8H2,1-2H3/t10-/m1/s1. The third-order valence-corrected chi connectivity index (χ3v) is 3.75. The van der Waals surface area contributed by atoms with E-state index in [9.17, 15) is 4.79 Å². The van der Waals surface area contributed by atoms with Crippen molar-refractivity contribution in [1.82, 2.24) is 5.32 Å². The number of benzene rings is 1. The molecule has 0 aliphatic heterocycles. The summed E-state index contributed by atoms with van der Waals surface area (Å²) in [4.78, 5) is 11.3. The zero-order valence-corrected chi connectivity index (χ0v) is 12.9. The Morgan fingerprint density at radius 3 is 2.90 bits per heavy atom. The van der Waals surface area contributed by atoms with Crippen LogP contribution < -0.4 is 5.32 Å². The molecule has 0 saturated heterocycles. The summed E-state index contributed by atoms with van der Waals surface area (Å²) in [5.41, 5.74) is 1.60. The molecule has 0 radical (unpaired) electrons. The number of hydrogen-bond acceptors (Lipinski definition) is 4. The van der Waals surface area contributed by atoms with Crippen LogP contribution in [0.4, 0.5) is 0 Å². The van der Waals surface area contributed by atoms with E-state index in [1.807, 2.05) is 18.2 Å². The summed E-state index contributed by atoms with van der Waals surface area (Å²) < 4.78 is 11.0. The molecule has 0 saturated carbocycles. The summed E-state index contributed by atoms with van der Waals surface area (Å²) in [5.74, 6) is 0.308. The maximum Gasteiger partial charge on any atom is 0.341 e. The van der Waals surface area contributed by atoms with Crippen LogP contribution in [0.15, 0.2) is 45.5 Å². The fourth-order valence-electron chi connectivity index (χ4n) is 1.89. The molecule has 0 bridgehead atoms. The Hall–Kier alpha value is -1.59. The predicted molar refractivity (Wildman–Crippen MR) is 79.4 cm³/mol. The lowest BCUT2D eigenvalue weighted by Gasteiger charge is -2.14. The number of halogens is 1. The van der Waals surface area contributed by atoms with Gasteiger partial charge in [0, 0.05) is 10.5 Å². The van der Waals surface area contributed by atoms with E-state index in [0.717, 1.165) is 4.47 Å². The molecular formula is C15H16BrNO3. The topological polar surface area (TPSA) is 51.5 Å². The van der Waals surface area contributed by atoms with Crippen LogP contribution in [-0.4, -0.2) is 13.1 Å². The lowest BCUT2D eigenvalue weighted by atomic mass is 10.1. The Morgan fingerprint density at radius 2 is 2.20 bits per heavy atom. The van der Waals surface area contributed by atoms with E-state index >= 15 is 0 Å². The van der Waals surface area contributed by atoms with Gasteiger partial charge in [-0.05, 0) is 24.6 Å². The van der Waals surface area contributed by atoms with Crippen LogP contribution in [0.2, 0.25) is 0 Å². The maximum absolute atomic E-state index is 11.3. The van der Waals surface area contributed by atoms with Gasteiger partial charge in [0.25, 0.3) is 0 Å².